The Kier molecular flexibility index (Phi) is 5.35. The molecular formula is C32H30N2O4. The van der Waals surface area contributed by atoms with Crippen LogP contribution >= 0.6 is 0 Å². The highest BCUT2D eigenvalue weighted by atomic mass is 16.5. The maximum absolute atomic E-state index is 14.7. The smallest absolute Gasteiger partial charge is 0.238 e. The van der Waals surface area contributed by atoms with E-state index in [0.29, 0.717) is 17.0 Å². The third-order valence-corrected chi connectivity index (χ3v) is 8.19. The molecule has 1 saturated heterocycles. The van der Waals surface area contributed by atoms with E-state index >= 15 is 0 Å². The molecule has 1 spiro atoms. The molecule has 3 aliphatic heterocycles. The van der Waals surface area contributed by atoms with Crippen molar-refractivity contribution in [2.75, 3.05) is 17.3 Å². The third kappa shape index (κ3) is 3.22. The first-order valence-corrected chi connectivity index (χ1v) is 12.9. The molecule has 0 saturated carbocycles. The predicted molar refractivity (Wildman–Crippen MR) is 148 cm³/mol. The lowest BCUT2D eigenvalue weighted by Crippen LogP contribution is -2.51. The van der Waals surface area contributed by atoms with Gasteiger partial charge in [-0.1, -0.05) is 81.5 Å². The van der Waals surface area contributed by atoms with Crippen LogP contribution in [0.1, 0.15) is 42.3 Å². The molecule has 6 heteroatoms. The van der Waals surface area contributed by atoms with Crippen LogP contribution in [0.5, 0.6) is 5.75 Å². The van der Waals surface area contributed by atoms with E-state index < -0.39 is 28.8 Å². The third-order valence-electron chi connectivity index (χ3n) is 8.19. The van der Waals surface area contributed by atoms with Gasteiger partial charge in [0, 0.05) is 22.4 Å². The summed E-state index contributed by atoms with van der Waals surface area (Å²) in [5.41, 5.74) is 1.58. The minimum Gasteiger partial charge on any atom is -0.497 e. The number of nitrogens with zero attached hydrogens (tertiary/aromatic N) is 1. The molecule has 3 aliphatic rings. The molecule has 38 heavy (non-hydrogen) atoms. The van der Waals surface area contributed by atoms with E-state index in [9.17, 15) is 14.4 Å². The van der Waals surface area contributed by atoms with Crippen LogP contribution < -0.4 is 15.0 Å². The average molecular weight is 507 g/mol. The Morgan fingerprint density at radius 1 is 0.974 bits per heavy atom. The number of carbonyl (C=O) groups excluding carboxylic acids is 3. The number of methoxy groups -OCH3 is 1. The van der Waals surface area contributed by atoms with Crippen molar-refractivity contribution in [2.24, 2.45) is 11.3 Å². The van der Waals surface area contributed by atoms with E-state index in [-0.39, 0.29) is 17.5 Å². The monoisotopic (exact) mass is 506 g/mol. The first-order valence-electron chi connectivity index (χ1n) is 12.9. The second-order valence-corrected chi connectivity index (χ2v) is 11.3. The molecule has 0 aliphatic carbocycles. The second kappa shape index (κ2) is 8.42. The van der Waals surface area contributed by atoms with E-state index in [1.807, 2.05) is 86.4 Å². The van der Waals surface area contributed by atoms with Crippen LogP contribution in [0.15, 0.2) is 78.9 Å². The van der Waals surface area contributed by atoms with E-state index in [0.717, 1.165) is 16.8 Å². The normalized spacial score (nSPS) is 25.0. The largest absolute Gasteiger partial charge is 0.497 e. The number of benzene rings is 3. The molecule has 1 amide bonds. The van der Waals surface area contributed by atoms with Crippen LogP contribution in [0.25, 0.3) is 6.08 Å². The molecule has 0 unspecified atom stereocenters. The molecule has 0 bridgehead atoms. The zero-order valence-corrected chi connectivity index (χ0v) is 21.9. The van der Waals surface area contributed by atoms with Gasteiger partial charge in [0.15, 0.2) is 11.6 Å². The van der Waals surface area contributed by atoms with Gasteiger partial charge in [0.25, 0.3) is 0 Å². The van der Waals surface area contributed by atoms with Gasteiger partial charge in [0.1, 0.15) is 17.2 Å². The van der Waals surface area contributed by atoms with Crippen LogP contribution in [0.3, 0.4) is 0 Å². The average Bonchev–Trinajstić information content (AvgIpc) is 3.40. The second-order valence-electron chi connectivity index (χ2n) is 11.3. The Hall–Kier alpha value is -4.19. The highest BCUT2D eigenvalue weighted by Gasteiger charge is 2.70. The Morgan fingerprint density at radius 3 is 2.47 bits per heavy atom. The number of carbonyl (C=O) groups is 3. The number of fused-ring (bicyclic) bond motifs is 6. The van der Waals surface area contributed by atoms with Gasteiger partial charge in [0.2, 0.25) is 5.91 Å². The van der Waals surface area contributed by atoms with Gasteiger partial charge in [-0.2, -0.15) is 0 Å². The van der Waals surface area contributed by atoms with E-state index in [1.165, 1.54) is 0 Å². The van der Waals surface area contributed by atoms with Gasteiger partial charge in [0.05, 0.1) is 19.1 Å². The lowest BCUT2D eigenvalue weighted by atomic mass is 9.63. The summed E-state index contributed by atoms with van der Waals surface area (Å²) in [6.07, 6.45) is 4.00. The van der Waals surface area contributed by atoms with Crippen LogP contribution in [-0.2, 0) is 15.0 Å². The number of ketones is 2. The molecule has 192 valence electrons. The predicted octanol–water partition coefficient (Wildman–Crippen LogP) is 5.28. The van der Waals surface area contributed by atoms with Gasteiger partial charge in [-0.25, -0.2) is 0 Å². The topological polar surface area (TPSA) is 75.7 Å². The Bertz CT molecular complexity index is 1520. The maximum atomic E-state index is 14.7. The standard InChI is InChI=1S/C32H30N2O4/c1-31(2,3)29(36)27-26(28(35)20-11-9-12-21(18-20)38-4)32(22-13-6-7-14-23(22)33-30(32)37)25-17-16-19-10-5-8-15-24(19)34(25)27/h5-18,25-27H,1-4H3,(H,33,37)/t25-,26+,27-,32-/m1/s1. The number of hydrogen-bond acceptors (Lipinski definition) is 5. The fourth-order valence-electron chi connectivity index (χ4n) is 6.52. The first-order chi connectivity index (χ1) is 18.2. The lowest BCUT2D eigenvalue weighted by molar-refractivity contribution is -0.128. The molecule has 6 rings (SSSR count). The maximum Gasteiger partial charge on any atom is 0.238 e. The van der Waals surface area contributed by atoms with Gasteiger partial charge in [-0.3, -0.25) is 14.4 Å². The van der Waals surface area contributed by atoms with Crippen molar-refractivity contribution in [1.29, 1.82) is 0 Å². The summed E-state index contributed by atoms with van der Waals surface area (Å²) in [6, 6.07) is 20.9. The zero-order valence-electron chi connectivity index (χ0n) is 21.9. The molecule has 0 radical (unpaired) electrons. The number of ether oxygens (including phenoxy) is 1. The molecule has 3 heterocycles. The number of anilines is 2. The van der Waals surface area contributed by atoms with Crippen LogP contribution in [0.4, 0.5) is 11.4 Å². The fourth-order valence-corrected chi connectivity index (χ4v) is 6.52. The summed E-state index contributed by atoms with van der Waals surface area (Å²) in [6.45, 7) is 5.62. The highest BCUT2D eigenvalue weighted by Crippen LogP contribution is 2.58. The SMILES string of the molecule is COc1cccc(C(=O)[C@@H]2[C@H](C(=O)C(C)(C)C)N3c4ccccc4C=C[C@@H]3[C@@]23C(=O)Nc2ccccc23)c1. The van der Waals surface area contributed by atoms with Crippen LogP contribution in [0, 0.1) is 11.3 Å². The summed E-state index contributed by atoms with van der Waals surface area (Å²) in [5.74, 6) is -1.02. The summed E-state index contributed by atoms with van der Waals surface area (Å²) in [4.78, 5) is 45.4. The molecule has 6 nitrogen and oxygen atoms in total. The van der Waals surface area contributed by atoms with Crippen molar-refractivity contribution in [3.8, 4) is 5.75 Å². The molecule has 0 aromatic heterocycles. The number of hydrogen-bond donors (Lipinski definition) is 1. The molecule has 3 aromatic carbocycles. The van der Waals surface area contributed by atoms with E-state index in [1.54, 1.807) is 31.4 Å². The minimum absolute atomic E-state index is 0.0806. The summed E-state index contributed by atoms with van der Waals surface area (Å²) in [5, 5.41) is 3.06. The summed E-state index contributed by atoms with van der Waals surface area (Å²) < 4.78 is 5.41. The Balaban J connectivity index is 1.68. The number of amides is 1. The zero-order chi connectivity index (χ0) is 26.8. The molecule has 1 fully saturated rings. The molecule has 3 aromatic rings. The lowest BCUT2D eigenvalue weighted by Gasteiger charge is -2.38. The fraction of sp³-hybridized carbons (Fsp3) is 0.281. The van der Waals surface area contributed by atoms with E-state index in [4.69, 9.17) is 4.74 Å². The quantitative estimate of drug-likeness (QED) is 0.487. The van der Waals surface area contributed by atoms with Crippen molar-refractivity contribution in [3.05, 3.63) is 95.6 Å². The first kappa shape index (κ1) is 24.2. The number of Topliss-reactive ketones (excluding diaryl/α,β-unsaturated/α-hetero) is 2. The highest BCUT2D eigenvalue weighted by molar-refractivity contribution is 6.17. The van der Waals surface area contributed by atoms with Gasteiger partial charge >= 0.3 is 0 Å². The van der Waals surface area contributed by atoms with Gasteiger partial charge in [-0.15, -0.1) is 0 Å². The molecule has 4 atom stereocenters. The van der Waals surface area contributed by atoms with E-state index in [2.05, 4.69) is 5.32 Å². The van der Waals surface area contributed by atoms with Crippen molar-refractivity contribution in [3.63, 3.8) is 0 Å². The van der Waals surface area contributed by atoms with Crippen molar-refractivity contribution in [2.45, 2.75) is 38.3 Å². The van der Waals surface area contributed by atoms with Crippen molar-refractivity contribution >= 4 is 34.9 Å². The number of nitrogens with one attached hydrogen (secondary N) is 1. The van der Waals surface area contributed by atoms with Crippen LogP contribution in [-0.4, -0.2) is 36.7 Å². The Morgan fingerprint density at radius 2 is 1.71 bits per heavy atom. The number of para-hydroxylation sites is 2. The summed E-state index contributed by atoms with van der Waals surface area (Å²) >= 11 is 0. The summed E-state index contributed by atoms with van der Waals surface area (Å²) in [7, 11) is 1.55. The number of rotatable bonds is 4. The van der Waals surface area contributed by atoms with Crippen LogP contribution in [0.2, 0.25) is 0 Å². The Labute approximate surface area is 222 Å². The van der Waals surface area contributed by atoms with Gasteiger partial charge < -0.3 is 15.0 Å². The van der Waals surface area contributed by atoms with Crippen molar-refractivity contribution in [1.82, 2.24) is 0 Å². The van der Waals surface area contributed by atoms with Crippen molar-refractivity contribution < 1.29 is 19.1 Å². The molecule has 1 N–H and O–H groups in total. The molecular weight excluding hydrogens is 476 g/mol. The minimum atomic E-state index is -1.30. The van der Waals surface area contributed by atoms with Gasteiger partial charge in [-0.05, 0) is 35.4 Å².